The van der Waals surface area contributed by atoms with Crippen molar-refractivity contribution >= 4 is 22.6 Å². The topological polar surface area (TPSA) is 91.2 Å². The summed E-state index contributed by atoms with van der Waals surface area (Å²) in [6, 6.07) is 7.27. The van der Waals surface area contributed by atoms with Gasteiger partial charge in [-0.15, -0.1) is 0 Å². The van der Waals surface area contributed by atoms with E-state index in [4.69, 9.17) is 9.47 Å². The van der Waals surface area contributed by atoms with Crippen molar-refractivity contribution in [2.24, 2.45) is 0 Å². The molecule has 0 aliphatic carbocycles. The zero-order valence-corrected chi connectivity index (χ0v) is 13.0. The molecule has 1 saturated heterocycles. The first kappa shape index (κ1) is 14.6. The zero-order chi connectivity index (χ0) is 16.5. The van der Waals surface area contributed by atoms with Gasteiger partial charge in [0.15, 0.2) is 5.82 Å². The van der Waals surface area contributed by atoms with Crippen LogP contribution in [0, 0.1) is 0 Å². The largest absolute Gasteiger partial charge is 0.469 e. The minimum Gasteiger partial charge on any atom is -0.469 e. The average molecular weight is 325 g/mol. The highest BCUT2D eigenvalue weighted by Gasteiger charge is 2.20. The number of nitrogens with zero attached hydrogens (tertiary/aromatic N) is 4. The van der Waals surface area contributed by atoms with Crippen LogP contribution in [-0.4, -0.2) is 45.0 Å². The second-order valence-electron chi connectivity index (χ2n) is 5.48. The maximum absolute atomic E-state index is 11.2. The first-order chi connectivity index (χ1) is 11.7. The first-order valence-corrected chi connectivity index (χ1v) is 7.52. The molecule has 122 valence electrons. The number of fused-ring (bicyclic) bond motifs is 1. The molecule has 3 aromatic rings. The number of hydrogen-bond donors (Lipinski definition) is 1. The normalized spacial score (nSPS) is 14.4. The highest BCUT2D eigenvalue weighted by molar-refractivity contribution is 5.90. The van der Waals surface area contributed by atoms with E-state index in [1.54, 1.807) is 29.2 Å². The molecule has 3 aromatic heterocycles. The van der Waals surface area contributed by atoms with Crippen LogP contribution in [0.25, 0.3) is 16.7 Å². The number of nitrogens with one attached hydrogen (secondary N) is 1. The van der Waals surface area contributed by atoms with E-state index >= 15 is 0 Å². The van der Waals surface area contributed by atoms with Gasteiger partial charge in [0.1, 0.15) is 11.9 Å². The van der Waals surface area contributed by atoms with Gasteiger partial charge in [-0.2, -0.15) is 10.1 Å². The van der Waals surface area contributed by atoms with Crippen LogP contribution in [0.3, 0.4) is 0 Å². The molecule has 8 heteroatoms. The Labute approximate surface area is 137 Å². The van der Waals surface area contributed by atoms with Crippen LogP contribution in [0.4, 0.5) is 5.82 Å². The minimum atomic E-state index is -0.177. The summed E-state index contributed by atoms with van der Waals surface area (Å²) in [4.78, 5) is 19.9. The van der Waals surface area contributed by atoms with Crippen molar-refractivity contribution in [1.29, 1.82) is 0 Å². The van der Waals surface area contributed by atoms with Crippen molar-refractivity contribution in [3.8, 4) is 11.7 Å². The molecule has 1 N–H and O–H groups in total. The lowest BCUT2D eigenvalue weighted by atomic mass is 10.3. The lowest BCUT2D eigenvalue weighted by Crippen LogP contribution is -2.38. The van der Waals surface area contributed by atoms with Crippen LogP contribution in [0.5, 0.6) is 5.88 Å². The monoisotopic (exact) mass is 325 g/mol. The number of aromatic nitrogens is 4. The van der Waals surface area contributed by atoms with Gasteiger partial charge in [-0.05, 0) is 6.07 Å². The summed E-state index contributed by atoms with van der Waals surface area (Å²) >= 11 is 0. The number of rotatable bonds is 4. The molecule has 4 rings (SSSR count). The average Bonchev–Trinajstić information content (AvgIpc) is 2.94. The summed E-state index contributed by atoms with van der Waals surface area (Å²) < 4.78 is 12.5. The summed E-state index contributed by atoms with van der Waals surface area (Å²) in [6.07, 6.45) is 3.42. The summed E-state index contributed by atoms with van der Waals surface area (Å²) in [5.41, 5.74) is 0.797. The quantitative estimate of drug-likeness (QED) is 0.782. The van der Waals surface area contributed by atoms with E-state index in [9.17, 15) is 4.79 Å². The maximum Gasteiger partial charge on any atom is 0.222 e. The number of pyridine rings is 2. The minimum absolute atomic E-state index is 0.0534. The molecule has 4 heterocycles. The fourth-order valence-corrected chi connectivity index (χ4v) is 2.39. The number of hydrogen-bond acceptors (Lipinski definition) is 6. The van der Waals surface area contributed by atoms with Crippen LogP contribution in [0.15, 0.2) is 36.7 Å². The smallest absolute Gasteiger partial charge is 0.222 e. The number of amides is 1. The third kappa shape index (κ3) is 2.79. The third-order valence-corrected chi connectivity index (χ3v) is 3.58. The molecule has 0 radical (unpaired) electrons. The molecule has 8 nitrogen and oxygen atoms in total. The van der Waals surface area contributed by atoms with E-state index in [1.165, 1.54) is 6.92 Å². The van der Waals surface area contributed by atoms with Crippen LogP contribution in [0.2, 0.25) is 0 Å². The Balaban J connectivity index is 1.69. The van der Waals surface area contributed by atoms with Gasteiger partial charge in [-0.3, -0.25) is 4.79 Å². The highest BCUT2D eigenvalue weighted by atomic mass is 16.6. The molecule has 0 unspecified atom stereocenters. The second kappa shape index (κ2) is 5.89. The first-order valence-electron chi connectivity index (χ1n) is 7.52. The Morgan fingerprint density at radius 1 is 1.38 bits per heavy atom. The molecule has 0 bridgehead atoms. The van der Waals surface area contributed by atoms with Crippen molar-refractivity contribution in [1.82, 2.24) is 19.7 Å². The van der Waals surface area contributed by atoms with Gasteiger partial charge in [0.25, 0.3) is 0 Å². The molecule has 1 aliphatic heterocycles. The molecule has 0 aromatic carbocycles. The predicted octanol–water partition coefficient (Wildman–Crippen LogP) is 1.55. The van der Waals surface area contributed by atoms with Gasteiger partial charge in [-0.1, -0.05) is 6.07 Å². The van der Waals surface area contributed by atoms with Crippen molar-refractivity contribution in [3.05, 3.63) is 36.7 Å². The Hall–Kier alpha value is -3.00. The van der Waals surface area contributed by atoms with Gasteiger partial charge < -0.3 is 14.8 Å². The van der Waals surface area contributed by atoms with Gasteiger partial charge in [0.2, 0.25) is 11.8 Å². The third-order valence-electron chi connectivity index (χ3n) is 3.58. The van der Waals surface area contributed by atoms with Crippen molar-refractivity contribution in [2.45, 2.75) is 13.0 Å². The van der Waals surface area contributed by atoms with E-state index in [1.807, 2.05) is 12.1 Å². The number of carbonyl (C=O) groups excluding carboxylic acids is 1. The molecule has 0 saturated carbocycles. The molecule has 1 fully saturated rings. The molecule has 1 aliphatic rings. The zero-order valence-electron chi connectivity index (χ0n) is 13.0. The van der Waals surface area contributed by atoms with Crippen LogP contribution in [-0.2, 0) is 9.53 Å². The van der Waals surface area contributed by atoms with Gasteiger partial charge >= 0.3 is 0 Å². The van der Waals surface area contributed by atoms with E-state index < -0.39 is 0 Å². The summed E-state index contributed by atoms with van der Waals surface area (Å²) in [5, 5.41) is 7.88. The number of ether oxygens (including phenoxy) is 2. The van der Waals surface area contributed by atoms with Gasteiger partial charge in [0.05, 0.1) is 24.9 Å². The number of anilines is 1. The van der Waals surface area contributed by atoms with Crippen molar-refractivity contribution in [3.63, 3.8) is 0 Å². The van der Waals surface area contributed by atoms with Crippen molar-refractivity contribution < 1.29 is 14.3 Å². The van der Waals surface area contributed by atoms with E-state index in [-0.39, 0.29) is 12.0 Å². The fourth-order valence-electron chi connectivity index (χ4n) is 2.39. The molecule has 1 amide bonds. The Morgan fingerprint density at radius 2 is 2.25 bits per heavy atom. The lowest BCUT2D eigenvalue weighted by Gasteiger charge is -2.26. The van der Waals surface area contributed by atoms with Crippen LogP contribution in [0.1, 0.15) is 6.92 Å². The Kier molecular flexibility index (Phi) is 3.58. The fraction of sp³-hybridized carbons (Fsp3) is 0.250. The van der Waals surface area contributed by atoms with Crippen LogP contribution >= 0.6 is 0 Å². The van der Waals surface area contributed by atoms with E-state index in [0.717, 1.165) is 10.9 Å². The van der Waals surface area contributed by atoms with Gasteiger partial charge in [-0.25, -0.2) is 9.67 Å². The highest BCUT2D eigenvalue weighted by Crippen LogP contribution is 2.21. The van der Waals surface area contributed by atoms with E-state index in [0.29, 0.717) is 30.7 Å². The Bertz CT molecular complexity index is 904. The maximum atomic E-state index is 11.2. The SMILES string of the molecule is CC(=O)Nc1cc2c(cn1)cnn2-c1cccc(OC2COC2)n1. The molecular weight excluding hydrogens is 310 g/mol. The standard InChI is InChI=1S/C16H15N5O3/c1-10(22)19-14-5-13-11(6-17-14)7-18-21(13)15-3-2-4-16(20-15)24-12-8-23-9-12/h2-7,12H,8-9H2,1H3,(H,17,19,22). The number of carbonyl (C=O) groups is 1. The lowest BCUT2D eigenvalue weighted by molar-refractivity contribution is -0.114. The summed E-state index contributed by atoms with van der Waals surface area (Å²) in [5.74, 6) is 1.45. The van der Waals surface area contributed by atoms with Crippen LogP contribution < -0.4 is 10.1 Å². The molecule has 0 spiro atoms. The van der Waals surface area contributed by atoms with Crippen molar-refractivity contribution in [2.75, 3.05) is 18.5 Å². The molecule has 0 atom stereocenters. The summed E-state index contributed by atoms with van der Waals surface area (Å²) in [7, 11) is 0. The van der Waals surface area contributed by atoms with Gasteiger partial charge in [0, 0.05) is 30.6 Å². The second-order valence-corrected chi connectivity index (χ2v) is 5.48. The Morgan fingerprint density at radius 3 is 3.00 bits per heavy atom. The summed E-state index contributed by atoms with van der Waals surface area (Å²) in [6.45, 7) is 2.61. The predicted molar refractivity (Wildman–Crippen MR) is 86.2 cm³/mol. The molecular formula is C16H15N5O3. The van der Waals surface area contributed by atoms with E-state index in [2.05, 4.69) is 20.4 Å². The molecule has 24 heavy (non-hydrogen) atoms.